The molecule has 0 aromatic carbocycles. The Kier molecular flexibility index (Phi) is 4.34. The van der Waals surface area contributed by atoms with E-state index in [1.165, 1.54) is 51.4 Å². The van der Waals surface area contributed by atoms with Crippen molar-refractivity contribution in [1.82, 2.24) is 0 Å². The van der Waals surface area contributed by atoms with Crippen molar-refractivity contribution >= 4 is 5.97 Å². The van der Waals surface area contributed by atoms with Gasteiger partial charge in [0.25, 0.3) is 0 Å². The molecule has 0 saturated heterocycles. The molecule has 3 saturated carbocycles. The molecular formula is C21H36O2. The first kappa shape index (κ1) is 17.3. The maximum atomic E-state index is 12.6. The first-order chi connectivity index (χ1) is 10.8. The van der Waals surface area contributed by atoms with Gasteiger partial charge in [-0.25, -0.2) is 0 Å². The number of hydrogen-bond acceptors (Lipinski definition) is 2. The van der Waals surface area contributed by atoms with Gasteiger partial charge in [0.2, 0.25) is 0 Å². The zero-order chi connectivity index (χ0) is 16.9. The average molecular weight is 321 g/mol. The monoisotopic (exact) mass is 320 g/mol. The molecule has 0 N–H and O–H groups in total. The van der Waals surface area contributed by atoms with Crippen molar-refractivity contribution in [3.05, 3.63) is 0 Å². The van der Waals surface area contributed by atoms with Gasteiger partial charge in [0, 0.05) is 0 Å². The van der Waals surface area contributed by atoms with Gasteiger partial charge in [0.05, 0.1) is 12.5 Å². The molecule has 0 heterocycles. The quantitative estimate of drug-likeness (QED) is 0.619. The molecule has 0 bridgehead atoms. The summed E-state index contributed by atoms with van der Waals surface area (Å²) in [7, 11) is 1.57. The van der Waals surface area contributed by atoms with Crippen LogP contribution in [0, 0.1) is 34.0 Å². The fourth-order valence-corrected chi connectivity index (χ4v) is 6.97. The lowest BCUT2D eigenvalue weighted by molar-refractivity contribution is -0.177. The van der Waals surface area contributed by atoms with Crippen LogP contribution in [0.4, 0.5) is 0 Å². The highest BCUT2D eigenvalue weighted by Gasteiger charge is 2.60. The van der Waals surface area contributed by atoms with Crippen LogP contribution in [-0.2, 0) is 9.53 Å². The van der Waals surface area contributed by atoms with Gasteiger partial charge >= 0.3 is 5.97 Å². The van der Waals surface area contributed by atoms with Gasteiger partial charge in [0.1, 0.15) is 0 Å². The van der Waals surface area contributed by atoms with Crippen molar-refractivity contribution in [2.75, 3.05) is 7.11 Å². The maximum Gasteiger partial charge on any atom is 0.311 e. The van der Waals surface area contributed by atoms with E-state index in [1.807, 2.05) is 0 Å². The largest absolute Gasteiger partial charge is 0.469 e. The number of ether oxygens (including phenoxy) is 1. The van der Waals surface area contributed by atoms with Crippen LogP contribution in [0.1, 0.15) is 85.5 Å². The third-order valence-electron chi connectivity index (χ3n) is 8.54. The van der Waals surface area contributed by atoms with Crippen LogP contribution < -0.4 is 0 Å². The molecule has 0 spiro atoms. The Morgan fingerprint density at radius 3 is 2.48 bits per heavy atom. The zero-order valence-corrected chi connectivity index (χ0v) is 15.9. The van der Waals surface area contributed by atoms with Gasteiger partial charge in [-0.1, -0.05) is 33.6 Å². The number of methoxy groups -OCH3 is 1. The third kappa shape index (κ3) is 2.55. The molecule has 3 aliphatic rings. The highest BCUT2D eigenvalue weighted by atomic mass is 16.5. The molecule has 2 nitrogen and oxygen atoms in total. The van der Waals surface area contributed by atoms with Crippen LogP contribution in [0.5, 0.6) is 0 Å². The Hall–Kier alpha value is -0.530. The maximum absolute atomic E-state index is 12.6. The first-order valence-corrected chi connectivity index (χ1v) is 9.87. The second-order valence-corrected chi connectivity index (χ2v) is 9.67. The van der Waals surface area contributed by atoms with Crippen molar-refractivity contribution in [2.45, 2.75) is 85.5 Å². The minimum absolute atomic E-state index is 0.0427. The Morgan fingerprint density at radius 2 is 1.83 bits per heavy atom. The summed E-state index contributed by atoms with van der Waals surface area (Å²) >= 11 is 0. The van der Waals surface area contributed by atoms with E-state index in [-0.39, 0.29) is 11.4 Å². The Labute approximate surface area is 142 Å². The van der Waals surface area contributed by atoms with Crippen LogP contribution in [0.3, 0.4) is 0 Å². The van der Waals surface area contributed by atoms with Gasteiger partial charge in [-0.15, -0.1) is 0 Å². The summed E-state index contributed by atoms with van der Waals surface area (Å²) in [6, 6.07) is 0. The van der Waals surface area contributed by atoms with E-state index in [0.29, 0.717) is 16.7 Å². The molecule has 0 aromatic heterocycles. The molecule has 0 amide bonds. The van der Waals surface area contributed by atoms with E-state index in [2.05, 4.69) is 27.7 Å². The number of carbonyl (C=O) groups excluding carboxylic acids is 1. The van der Waals surface area contributed by atoms with Gasteiger partial charge in [-0.2, -0.15) is 0 Å². The zero-order valence-electron chi connectivity index (χ0n) is 15.9. The third-order valence-corrected chi connectivity index (χ3v) is 8.54. The van der Waals surface area contributed by atoms with Gasteiger partial charge in [-0.05, 0) is 80.5 Å². The van der Waals surface area contributed by atoms with E-state index in [1.54, 1.807) is 7.11 Å². The standard InChI is InChI=1S/C21H36O2/c1-6-19(2)13-10-16-15(14-19)8-9-17-20(16,3)11-7-12-21(17,4)18(22)23-5/h15-17H,6-14H2,1-5H3/t15-,16-,17+,19-,20+,21+/m0/s1. The van der Waals surface area contributed by atoms with E-state index in [4.69, 9.17) is 4.74 Å². The lowest BCUT2D eigenvalue weighted by Crippen LogP contribution is -2.56. The van der Waals surface area contributed by atoms with Crippen LogP contribution >= 0.6 is 0 Å². The molecule has 3 rings (SSSR count). The summed E-state index contributed by atoms with van der Waals surface area (Å²) in [4.78, 5) is 12.6. The van der Waals surface area contributed by atoms with Gasteiger partial charge in [-0.3, -0.25) is 4.79 Å². The van der Waals surface area contributed by atoms with Crippen molar-refractivity contribution in [3.63, 3.8) is 0 Å². The molecule has 0 unspecified atom stereocenters. The van der Waals surface area contributed by atoms with Gasteiger partial charge < -0.3 is 4.74 Å². The molecule has 3 aliphatic carbocycles. The normalized spacial score (nSPS) is 49.9. The molecule has 0 aliphatic heterocycles. The van der Waals surface area contributed by atoms with Crippen LogP contribution in [0.25, 0.3) is 0 Å². The highest BCUT2D eigenvalue weighted by molar-refractivity contribution is 5.77. The number of carbonyl (C=O) groups is 1. The van der Waals surface area contributed by atoms with Crippen LogP contribution in [0.2, 0.25) is 0 Å². The predicted octanol–water partition coefficient (Wildman–Crippen LogP) is 5.60. The molecule has 2 heteroatoms. The number of esters is 1. The second kappa shape index (κ2) is 5.77. The second-order valence-electron chi connectivity index (χ2n) is 9.67. The predicted molar refractivity (Wildman–Crippen MR) is 94.0 cm³/mol. The summed E-state index contributed by atoms with van der Waals surface area (Å²) in [6.45, 7) is 9.57. The number of rotatable bonds is 2. The molecule has 3 fully saturated rings. The average Bonchev–Trinajstić information content (AvgIpc) is 2.53. The smallest absolute Gasteiger partial charge is 0.311 e. The van der Waals surface area contributed by atoms with Crippen molar-refractivity contribution in [3.8, 4) is 0 Å². The Balaban J connectivity index is 1.88. The summed E-state index contributed by atoms with van der Waals surface area (Å²) in [5.41, 5.74) is 0.655. The summed E-state index contributed by atoms with van der Waals surface area (Å²) in [5.74, 6) is 2.27. The van der Waals surface area contributed by atoms with E-state index >= 15 is 0 Å². The van der Waals surface area contributed by atoms with Crippen LogP contribution in [0.15, 0.2) is 0 Å². The molecule has 6 atom stereocenters. The number of hydrogen-bond donors (Lipinski definition) is 0. The first-order valence-electron chi connectivity index (χ1n) is 9.87. The van der Waals surface area contributed by atoms with Crippen LogP contribution in [-0.4, -0.2) is 13.1 Å². The molecular weight excluding hydrogens is 284 g/mol. The summed E-state index contributed by atoms with van der Waals surface area (Å²) < 4.78 is 5.23. The minimum atomic E-state index is -0.252. The van der Waals surface area contributed by atoms with Crippen molar-refractivity contribution in [1.29, 1.82) is 0 Å². The molecule has 132 valence electrons. The van der Waals surface area contributed by atoms with E-state index in [9.17, 15) is 4.79 Å². The van der Waals surface area contributed by atoms with Gasteiger partial charge in [0.15, 0.2) is 0 Å². The summed E-state index contributed by atoms with van der Waals surface area (Å²) in [6.07, 6.45) is 11.5. The lowest BCUT2D eigenvalue weighted by atomic mass is 9.43. The Morgan fingerprint density at radius 1 is 1.09 bits per heavy atom. The molecule has 23 heavy (non-hydrogen) atoms. The van der Waals surface area contributed by atoms with Crippen molar-refractivity contribution < 1.29 is 9.53 Å². The fraction of sp³-hybridized carbons (Fsp3) is 0.952. The fourth-order valence-electron chi connectivity index (χ4n) is 6.97. The Bertz CT molecular complexity index is 472. The minimum Gasteiger partial charge on any atom is -0.469 e. The van der Waals surface area contributed by atoms with E-state index < -0.39 is 0 Å². The topological polar surface area (TPSA) is 26.3 Å². The van der Waals surface area contributed by atoms with E-state index in [0.717, 1.165) is 18.3 Å². The molecule has 0 aromatic rings. The molecule has 0 radical (unpaired) electrons. The lowest BCUT2D eigenvalue weighted by Gasteiger charge is -2.61. The highest BCUT2D eigenvalue weighted by Crippen LogP contribution is 2.65. The summed E-state index contributed by atoms with van der Waals surface area (Å²) in [5, 5.41) is 0. The van der Waals surface area contributed by atoms with Crippen molar-refractivity contribution in [2.24, 2.45) is 34.0 Å². The SMILES string of the molecule is CC[C@@]1(C)CC[C@H]2[C@@H](CC[C@@H]3[C@]2(C)CCC[C@@]3(C)C(=O)OC)C1. The number of fused-ring (bicyclic) bond motifs is 3.